The lowest BCUT2D eigenvalue weighted by Gasteiger charge is -2.19. The summed E-state index contributed by atoms with van der Waals surface area (Å²) in [5.41, 5.74) is 3.63. The van der Waals surface area contributed by atoms with Crippen LogP contribution in [0.25, 0.3) is 0 Å². The van der Waals surface area contributed by atoms with Crippen molar-refractivity contribution in [2.45, 2.75) is 13.1 Å². The van der Waals surface area contributed by atoms with Crippen LogP contribution in [-0.2, 0) is 13.1 Å². The Morgan fingerprint density at radius 1 is 1.00 bits per heavy atom. The second kappa shape index (κ2) is 4.92. The quantitative estimate of drug-likeness (QED) is 0.842. The Kier molecular flexibility index (Phi) is 2.96. The fraction of sp³-hybridized carbons (Fsp3) is 0.133. The monoisotopic (exact) mass is 237 g/mol. The van der Waals surface area contributed by atoms with E-state index in [9.17, 15) is 0 Å². The Morgan fingerprint density at radius 3 is 2.67 bits per heavy atom. The molecule has 1 aliphatic rings. The van der Waals surface area contributed by atoms with Crippen molar-refractivity contribution in [1.82, 2.24) is 5.32 Å². The lowest BCUT2D eigenvalue weighted by Crippen LogP contribution is -2.32. The van der Waals surface area contributed by atoms with Crippen molar-refractivity contribution >= 4 is 11.6 Å². The molecule has 0 saturated carbocycles. The van der Waals surface area contributed by atoms with E-state index in [4.69, 9.17) is 0 Å². The minimum atomic E-state index is 0.736. The van der Waals surface area contributed by atoms with Crippen LogP contribution in [0, 0.1) is 0 Å². The maximum absolute atomic E-state index is 4.48. The molecule has 2 aromatic rings. The van der Waals surface area contributed by atoms with E-state index < -0.39 is 0 Å². The molecule has 0 atom stereocenters. The Balaban J connectivity index is 1.64. The molecule has 0 spiro atoms. The molecule has 0 fully saturated rings. The summed E-state index contributed by atoms with van der Waals surface area (Å²) >= 11 is 0. The van der Waals surface area contributed by atoms with Gasteiger partial charge in [-0.2, -0.15) is 0 Å². The Hall–Kier alpha value is -2.29. The lowest BCUT2D eigenvalue weighted by molar-refractivity contribution is 0.884. The van der Waals surface area contributed by atoms with Crippen LogP contribution < -0.4 is 10.6 Å². The van der Waals surface area contributed by atoms with Gasteiger partial charge < -0.3 is 10.6 Å². The maximum Gasteiger partial charge on any atom is 0.196 e. The average Bonchev–Trinajstić information content (AvgIpc) is 2.46. The first-order valence-electron chi connectivity index (χ1n) is 6.09. The summed E-state index contributed by atoms with van der Waals surface area (Å²) in [7, 11) is 0. The molecule has 0 bridgehead atoms. The van der Waals surface area contributed by atoms with Crippen LogP contribution in [0.3, 0.4) is 0 Å². The summed E-state index contributed by atoms with van der Waals surface area (Å²) < 4.78 is 0. The van der Waals surface area contributed by atoms with Crippen molar-refractivity contribution in [3.63, 3.8) is 0 Å². The second-order valence-electron chi connectivity index (χ2n) is 4.29. The number of rotatable bonds is 2. The van der Waals surface area contributed by atoms with Crippen molar-refractivity contribution in [2.24, 2.45) is 4.99 Å². The van der Waals surface area contributed by atoms with Gasteiger partial charge in [-0.15, -0.1) is 0 Å². The molecule has 0 aromatic heterocycles. The zero-order valence-corrected chi connectivity index (χ0v) is 10.1. The van der Waals surface area contributed by atoms with Gasteiger partial charge >= 0.3 is 0 Å². The summed E-state index contributed by atoms with van der Waals surface area (Å²) in [6.07, 6.45) is 0. The molecule has 0 radical (unpaired) electrons. The largest absolute Gasteiger partial charge is 0.352 e. The van der Waals surface area contributed by atoms with Gasteiger partial charge in [0.2, 0.25) is 0 Å². The molecule has 3 heteroatoms. The topological polar surface area (TPSA) is 36.4 Å². The van der Waals surface area contributed by atoms with Gasteiger partial charge in [0.1, 0.15) is 0 Å². The molecule has 0 amide bonds. The van der Waals surface area contributed by atoms with Crippen molar-refractivity contribution in [1.29, 1.82) is 0 Å². The Labute approximate surface area is 107 Å². The van der Waals surface area contributed by atoms with Crippen LogP contribution in [-0.4, -0.2) is 5.96 Å². The number of para-hydroxylation sites is 1. The van der Waals surface area contributed by atoms with E-state index in [0.717, 1.165) is 24.7 Å². The lowest BCUT2D eigenvalue weighted by atomic mass is 10.1. The van der Waals surface area contributed by atoms with E-state index in [0.29, 0.717) is 0 Å². The number of nitrogens with one attached hydrogen (secondary N) is 2. The van der Waals surface area contributed by atoms with Gasteiger partial charge in [-0.05, 0) is 17.2 Å². The third kappa shape index (κ3) is 2.35. The first-order valence-corrected chi connectivity index (χ1v) is 6.09. The summed E-state index contributed by atoms with van der Waals surface area (Å²) in [6.45, 7) is 1.52. The van der Waals surface area contributed by atoms with Crippen LogP contribution in [0.15, 0.2) is 59.6 Å². The molecule has 3 nitrogen and oxygen atoms in total. The third-order valence-corrected chi connectivity index (χ3v) is 2.98. The number of hydrogen-bond acceptors (Lipinski definition) is 3. The number of anilines is 1. The van der Waals surface area contributed by atoms with E-state index in [-0.39, 0.29) is 0 Å². The zero-order chi connectivity index (χ0) is 12.2. The summed E-state index contributed by atoms with van der Waals surface area (Å²) in [6, 6.07) is 18.6. The van der Waals surface area contributed by atoms with Gasteiger partial charge in [0.25, 0.3) is 0 Å². The molecule has 2 aromatic carbocycles. The minimum Gasteiger partial charge on any atom is -0.352 e. The van der Waals surface area contributed by atoms with Crippen molar-refractivity contribution < 1.29 is 0 Å². The molecular weight excluding hydrogens is 222 g/mol. The smallest absolute Gasteiger partial charge is 0.196 e. The first-order chi connectivity index (χ1) is 8.92. The molecule has 18 heavy (non-hydrogen) atoms. The van der Waals surface area contributed by atoms with Gasteiger partial charge in [0.05, 0.1) is 6.54 Å². The Morgan fingerprint density at radius 2 is 1.78 bits per heavy atom. The minimum absolute atomic E-state index is 0.736. The molecule has 1 aliphatic heterocycles. The van der Waals surface area contributed by atoms with E-state index in [1.165, 1.54) is 11.1 Å². The number of hydrogen-bond donors (Lipinski definition) is 2. The first kappa shape index (κ1) is 10.8. The summed E-state index contributed by atoms with van der Waals surface area (Å²) in [5, 5.41) is 6.62. The summed E-state index contributed by atoms with van der Waals surface area (Å²) in [4.78, 5) is 4.48. The highest BCUT2D eigenvalue weighted by Crippen LogP contribution is 2.19. The predicted molar refractivity (Wildman–Crippen MR) is 74.5 cm³/mol. The average molecular weight is 237 g/mol. The van der Waals surface area contributed by atoms with Gasteiger partial charge in [0.15, 0.2) is 5.96 Å². The molecule has 90 valence electrons. The summed E-state index contributed by atoms with van der Waals surface area (Å²) in [5.74, 6) is 0.845. The molecule has 0 aliphatic carbocycles. The molecule has 0 unspecified atom stereocenters. The Bertz CT molecular complexity index is 561. The highest BCUT2D eigenvalue weighted by atomic mass is 15.2. The molecule has 0 saturated heterocycles. The van der Waals surface area contributed by atoms with Gasteiger partial charge in [-0.3, -0.25) is 0 Å². The highest BCUT2D eigenvalue weighted by Gasteiger charge is 2.09. The predicted octanol–water partition coefficient (Wildman–Crippen LogP) is 2.76. The van der Waals surface area contributed by atoms with Gasteiger partial charge in [-0.1, -0.05) is 48.5 Å². The number of nitrogens with zero attached hydrogens (tertiary/aromatic N) is 1. The normalized spacial score (nSPS) is 13.2. The van der Waals surface area contributed by atoms with E-state index >= 15 is 0 Å². The number of benzene rings is 2. The molecule has 3 rings (SSSR count). The van der Waals surface area contributed by atoms with E-state index in [1.807, 2.05) is 30.3 Å². The fourth-order valence-corrected chi connectivity index (χ4v) is 1.99. The third-order valence-electron chi connectivity index (χ3n) is 2.98. The number of aliphatic imine (C=N–C) groups is 1. The van der Waals surface area contributed by atoms with Gasteiger partial charge in [-0.25, -0.2) is 4.99 Å². The van der Waals surface area contributed by atoms with E-state index in [2.05, 4.69) is 39.9 Å². The van der Waals surface area contributed by atoms with Crippen LogP contribution in [0.5, 0.6) is 0 Å². The number of fused-ring (bicyclic) bond motifs is 1. The van der Waals surface area contributed by atoms with Gasteiger partial charge in [0, 0.05) is 12.2 Å². The molecular formula is C15H15N3. The van der Waals surface area contributed by atoms with Crippen LogP contribution in [0.2, 0.25) is 0 Å². The van der Waals surface area contributed by atoms with Crippen LogP contribution in [0.1, 0.15) is 11.1 Å². The van der Waals surface area contributed by atoms with E-state index in [1.54, 1.807) is 0 Å². The highest BCUT2D eigenvalue weighted by molar-refractivity contribution is 5.95. The van der Waals surface area contributed by atoms with Crippen molar-refractivity contribution in [2.75, 3.05) is 5.32 Å². The number of guanidine groups is 1. The van der Waals surface area contributed by atoms with Crippen LogP contribution >= 0.6 is 0 Å². The zero-order valence-electron chi connectivity index (χ0n) is 10.1. The second-order valence-corrected chi connectivity index (χ2v) is 4.29. The standard InChI is InChI=1S/C15H15N3/c1-2-6-12(7-3-1)10-16-15-17-11-13-8-4-5-9-14(13)18-15/h1-9H,10-11H2,(H2,16,17,18). The van der Waals surface area contributed by atoms with Crippen LogP contribution in [0.4, 0.5) is 5.69 Å². The SMILES string of the molecule is c1ccc(CNC2=NCc3ccccc3N2)cc1. The molecule has 2 N–H and O–H groups in total. The van der Waals surface area contributed by atoms with Crippen molar-refractivity contribution in [3.8, 4) is 0 Å². The molecule has 1 heterocycles. The maximum atomic E-state index is 4.48. The van der Waals surface area contributed by atoms with Crippen molar-refractivity contribution in [3.05, 3.63) is 65.7 Å². The fourth-order valence-electron chi connectivity index (χ4n) is 1.99.